The van der Waals surface area contributed by atoms with E-state index in [1.54, 1.807) is 0 Å². The van der Waals surface area contributed by atoms with Crippen LogP contribution in [-0.2, 0) is 0 Å². The Hall–Kier alpha value is -0.0800. The lowest BCUT2D eigenvalue weighted by atomic mass is 9.68. The number of nitrogens with zero attached hydrogens (tertiary/aromatic N) is 1. The highest BCUT2D eigenvalue weighted by molar-refractivity contribution is 4.93. The van der Waals surface area contributed by atoms with Gasteiger partial charge in [-0.3, -0.25) is 0 Å². The fourth-order valence-electron chi connectivity index (χ4n) is 4.47. The van der Waals surface area contributed by atoms with Gasteiger partial charge in [-0.1, -0.05) is 40.0 Å². The van der Waals surface area contributed by atoms with Crippen LogP contribution in [-0.4, -0.2) is 30.6 Å². The van der Waals surface area contributed by atoms with Crippen LogP contribution in [0.25, 0.3) is 0 Å². The van der Waals surface area contributed by atoms with Gasteiger partial charge in [0.1, 0.15) is 0 Å². The molecule has 4 unspecified atom stereocenters. The predicted octanol–water partition coefficient (Wildman–Crippen LogP) is 3.65. The van der Waals surface area contributed by atoms with Crippen molar-refractivity contribution in [2.24, 2.45) is 23.0 Å². The van der Waals surface area contributed by atoms with E-state index in [0.29, 0.717) is 17.4 Å². The Morgan fingerprint density at radius 2 is 1.79 bits per heavy atom. The Morgan fingerprint density at radius 1 is 1.11 bits per heavy atom. The van der Waals surface area contributed by atoms with E-state index in [2.05, 4.69) is 32.7 Å². The van der Waals surface area contributed by atoms with Gasteiger partial charge in [0.25, 0.3) is 0 Å². The van der Waals surface area contributed by atoms with Crippen LogP contribution >= 0.6 is 0 Å². The second-order valence-electron chi connectivity index (χ2n) is 7.94. The molecule has 112 valence electrons. The second-order valence-corrected chi connectivity index (χ2v) is 7.94. The molecular weight excluding hydrogens is 232 g/mol. The van der Waals surface area contributed by atoms with Gasteiger partial charge in [0, 0.05) is 18.6 Å². The summed E-state index contributed by atoms with van der Waals surface area (Å²) in [5.74, 6) is 1.56. The van der Waals surface area contributed by atoms with Crippen molar-refractivity contribution in [2.45, 2.75) is 77.8 Å². The van der Waals surface area contributed by atoms with E-state index in [1.807, 2.05) is 0 Å². The first-order valence-electron chi connectivity index (χ1n) is 8.37. The summed E-state index contributed by atoms with van der Waals surface area (Å²) in [4.78, 5) is 2.63. The van der Waals surface area contributed by atoms with Gasteiger partial charge in [0.15, 0.2) is 0 Å². The van der Waals surface area contributed by atoms with Crippen LogP contribution in [0.1, 0.15) is 65.7 Å². The van der Waals surface area contributed by atoms with Gasteiger partial charge < -0.3 is 10.6 Å². The largest absolute Gasteiger partial charge is 0.327 e. The minimum Gasteiger partial charge on any atom is -0.327 e. The summed E-state index contributed by atoms with van der Waals surface area (Å²) in [6, 6.07) is 1.17. The van der Waals surface area contributed by atoms with E-state index in [4.69, 9.17) is 5.73 Å². The van der Waals surface area contributed by atoms with Crippen molar-refractivity contribution in [1.82, 2.24) is 4.90 Å². The highest BCUT2D eigenvalue weighted by Crippen LogP contribution is 2.38. The molecule has 0 radical (unpaired) electrons. The maximum absolute atomic E-state index is 6.54. The lowest BCUT2D eigenvalue weighted by molar-refractivity contribution is 0.0708. The third-order valence-electron chi connectivity index (χ3n) is 5.96. The van der Waals surface area contributed by atoms with Gasteiger partial charge in [-0.2, -0.15) is 0 Å². The highest BCUT2D eigenvalue weighted by Gasteiger charge is 2.37. The average molecular weight is 266 g/mol. The van der Waals surface area contributed by atoms with Gasteiger partial charge in [0.05, 0.1) is 0 Å². The molecule has 2 rings (SSSR count). The zero-order valence-corrected chi connectivity index (χ0v) is 13.5. The lowest BCUT2D eigenvalue weighted by Crippen LogP contribution is -2.51. The maximum Gasteiger partial charge on any atom is 0.0131 e. The summed E-state index contributed by atoms with van der Waals surface area (Å²) in [6.45, 7) is 8.35. The molecule has 2 saturated carbocycles. The average Bonchev–Trinajstić information content (AvgIpc) is 2.35. The van der Waals surface area contributed by atoms with E-state index < -0.39 is 0 Å². The van der Waals surface area contributed by atoms with Crippen LogP contribution in [0.15, 0.2) is 0 Å². The van der Waals surface area contributed by atoms with Crippen LogP contribution in [0.3, 0.4) is 0 Å². The fourth-order valence-corrected chi connectivity index (χ4v) is 4.47. The molecule has 0 bridgehead atoms. The van der Waals surface area contributed by atoms with Crippen molar-refractivity contribution >= 4 is 0 Å². The molecule has 2 N–H and O–H groups in total. The van der Waals surface area contributed by atoms with Crippen LogP contribution in [0.5, 0.6) is 0 Å². The first-order chi connectivity index (χ1) is 8.92. The monoisotopic (exact) mass is 266 g/mol. The minimum absolute atomic E-state index is 0.335. The smallest absolute Gasteiger partial charge is 0.0131 e. The summed E-state index contributed by atoms with van der Waals surface area (Å²) in [5, 5.41) is 0. The molecule has 0 aliphatic heterocycles. The van der Waals surface area contributed by atoms with Crippen LogP contribution in [0.2, 0.25) is 0 Å². The molecule has 0 aromatic rings. The third-order valence-corrected chi connectivity index (χ3v) is 5.96. The molecule has 0 heterocycles. The van der Waals surface area contributed by atoms with Gasteiger partial charge in [0.2, 0.25) is 0 Å². The zero-order valence-electron chi connectivity index (χ0n) is 13.5. The standard InChI is InChI=1S/C17H34N2/c1-13-8-5-6-10-15(13)19(4)12-14-9-7-11-17(2,3)16(14)18/h13-16H,5-12,18H2,1-4H3. The predicted molar refractivity (Wildman–Crippen MR) is 83.1 cm³/mol. The Kier molecular flexibility index (Phi) is 4.94. The van der Waals surface area contributed by atoms with Crippen LogP contribution in [0.4, 0.5) is 0 Å². The number of nitrogens with two attached hydrogens (primary N) is 1. The van der Waals surface area contributed by atoms with Crippen LogP contribution < -0.4 is 5.73 Å². The van der Waals surface area contributed by atoms with Crippen molar-refractivity contribution in [3.8, 4) is 0 Å². The summed E-state index contributed by atoms with van der Waals surface area (Å²) in [7, 11) is 2.33. The Labute approximate surface area is 120 Å². The molecule has 0 amide bonds. The molecule has 0 aromatic carbocycles. The molecular formula is C17H34N2. The van der Waals surface area contributed by atoms with Crippen molar-refractivity contribution in [3.63, 3.8) is 0 Å². The minimum atomic E-state index is 0.335. The number of hydrogen-bond acceptors (Lipinski definition) is 2. The fraction of sp³-hybridized carbons (Fsp3) is 1.00. The molecule has 0 saturated heterocycles. The summed E-state index contributed by atoms with van der Waals surface area (Å²) in [6.07, 6.45) is 9.65. The van der Waals surface area contributed by atoms with Crippen molar-refractivity contribution in [3.05, 3.63) is 0 Å². The van der Waals surface area contributed by atoms with Crippen LogP contribution in [0, 0.1) is 17.3 Å². The Morgan fingerprint density at radius 3 is 2.47 bits per heavy atom. The first-order valence-corrected chi connectivity index (χ1v) is 8.37. The molecule has 0 spiro atoms. The molecule has 2 aliphatic carbocycles. The third kappa shape index (κ3) is 3.52. The Balaban J connectivity index is 1.92. The van der Waals surface area contributed by atoms with Crippen molar-refractivity contribution < 1.29 is 0 Å². The molecule has 2 heteroatoms. The number of hydrogen-bond donors (Lipinski definition) is 1. The van der Waals surface area contributed by atoms with E-state index in [-0.39, 0.29) is 0 Å². The quantitative estimate of drug-likeness (QED) is 0.845. The van der Waals surface area contributed by atoms with E-state index in [1.165, 1.54) is 51.5 Å². The van der Waals surface area contributed by atoms with E-state index in [0.717, 1.165) is 12.0 Å². The van der Waals surface area contributed by atoms with Crippen molar-refractivity contribution in [2.75, 3.05) is 13.6 Å². The molecule has 2 nitrogen and oxygen atoms in total. The molecule has 0 aromatic heterocycles. The van der Waals surface area contributed by atoms with Crippen molar-refractivity contribution in [1.29, 1.82) is 0 Å². The van der Waals surface area contributed by atoms with Gasteiger partial charge in [-0.25, -0.2) is 0 Å². The second kappa shape index (κ2) is 6.13. The van der Waals surface area contributed by atoms with Gasteiger partial charge in [-0.15, -0.1) is 0 Å². The molecule has 2 fully saturated rings. The molecule has 19 heavy (non-hydrogen) atoms. The Bertz CT molecular complexity index is 287. The lowest BCUT2D eigenvalue weighted by Gasteiger charge is -2.45. The number of rotatable bonds is 3. The first kappa shape index (κ1) is 15.3. The normalized spacial score (nSPS) is 39.5. The highest BCUT2D eigenvalue weighted by atomic mass is 15.1. The topological polar surface area (TPSA) is 29.3 Å². The zero-order chi connectivity index (χ0) is 14.0. The molecule has 4 atom stereocenters. The van der Waals surface area contributed by atoms with E-state index in [9.17, 15) is 0 Å². The summed E-state index contributed by atoms with van der Waals surface area (Å²) < 4.78 is 0. The SMILES string of the molecule is CC1CCCCC1N(C)CC1CCCC(C)(C)C1N. The van der Waals surface area contributed by atoms with E-state index >= 15 is 0 Å². The summed E-state index contributed by atoms with van der Waals surface area (Å²) >= 11 is 0. The van der Waals surface area contributed by atoms with Gasteiger partial charge in [-0.05, 0) is 50.0 Å². The summed E-state index contributed by atoms with van der Waals surface area (Å²) in [5.41, 5.74) is 6.88. The van der Waals surface area contributed by atoms with Gasteiger partial charge >= 0.3 is 0 Å². The maximum atomic E-state index is 6.54. The molecule has 2 aliphatic rings.